The van der Waals surface area contributed by atoms with Crippen LogP contribution in [0, 0.1) is 24.4 Å². The number of benzene rings is 2. The summed E-state index contributed by atoms with van der Waals surface area (Å²) in [5.74, 6) is -6.02. The Morgan fingerprint density at radius 2 is 1.56 bits per heavy atom. The normalized spacial score (nSPS) is 18.0. The zero-order chi connectivity index (χ0) is 24.8. The molecule has 2 aromatic rings. The Morgan fingerprint density at radius 3 is 2.15 bits per heavy atom. The molecule has 0 bridgehead atoms. The van der Waals surface area contributed by atoms with E-state index >= 15 is 0 Å². The molecule has 1 aliphatic heterocycles. The maximum absolute atomic E-state index is 14.7. The summed E-state index contributed by atoms with van der Waals surface area (Å²) in [6.07, 6.45) is -1.17. The number of aryl methyl sites for hydroxylation is 1. The topological polar surface area (TPSA) is 89.2 Å². The van der Waals surface area contributed by atoms with Crippen LogP contribution in [0.25, 0.3) is 0 Å². The number of alkyl halides is 3. The molecule has 1 aliphatic carbocycles. The van der Waals surface area contributed by atoms with Crippen LogP contribution in [0.15, 0.2) is 34.3 Å². The maximum Gasteiger partial charge on any atom is 0.416 e. The van der Waals surface area contributed by atoms with E-state index in [1.807, 2.05) is 0 Å². The minimum atomic E-state index is -4.97. The van der Waals surface area contributed by atoms with Crippen LogP contribution in [-0.4, -0.2) is 17.6 Å². The number of rotatable bonds is 3. The van der Waals surface area contributed by atoms with Gasteiger partial charge in [-0.15, -0.1) is 0 Å². The van der Waals surface area contributed by atoms with Gasteiger partial charge in [-0.2, -0.15) is 18.2 Å². The van der Waals surface area contributed by atoms with E-state index in [1.54, 1.807) is 11.8 Å². The van der Waals surface area contributed by atoms with Gasteiger partial charge in [0.15, 0.2) is 29.0 Å². The standard InChI is InChI=1S/C22H21F6N5O/c1-11-7-13(23)17(34-18-14(24)8-12(9-15(18)25)22(26,27)28)10-16(11)33-20(30)31-19(29)32-21(33)5-3-2-4-6-21/h7-10H,2-6H2,1H3,(H4,29,30,31,32). The zero-order valence-corrected chi connectivity index (χ0v) is 18.0. The van der Waals surface area contributed by atoms with Gasteiger partial charge in [-0.05, 0) is 56.4 Å². The van der Waals surface area contributed by atoms with Crippen molar-refractivity contribution in [2.75, 3.05) is 4.90 Å². The van der Waals surface area contributed by atoms with Crippen molar-refractivity contribution in [3.63, 3.8) is 0 Å². The second kappa shape index (κ2) is 8.41. The fourth-order valence-electron chi connectivity index (χ4n) is 4.36. The van der Waals surface area contributed by atoms with Gasteiger partial charge >= 0.3 is 6.18 Å². The lowest BCUT2D eigenvalue weighted by atomic mass is 9.87. The summed E-state index contributed by atoms with van der Waals surface area (Å²) < 4.78 is 86.9. The maximum atomic E-state index is 14.7. The van der Waals surface area contributed by atoms with Crippen molar-refractivity contribution in [1.82, 2.24) is 0 Å². The first kappa shape index (κ1) is 23.7. The van der Waals surface area contributed by atoms with Crippen molar-refractivity contribution in [2.24, 2.45) is 21.5 Å². The van der Waals surface area contributed by atoms with Gasteiger partial charge < -0.3 is 16.2 Å². The van der Waals surface area contributed by atoms with Crippen LogP contribution in [0.4, 0.5) is 32.0 Å². The fourth-order valence-corrected chi connectivity index (χ4v) is 4.36. The Bertz CT molecular complexity index is 1160. The summed E-state index contributed by atoms with van der Waals surface area (Å²) in [5.41, 5.74) is 10.3. The van der Waals surface area contributed by atoms with Crippen LogP contribution < -0.4 is 21.1 Å². The molecule has 0 aromatic heterocycles. The summed E-state index contributed by atoms with van der Waals surface area (Å²) >= 11 is 0. The van der Waals surface area contributed by atoms with Crippen molar-refractivity contribution in [1.29, 1.82) is 0 Å². The van der Waals surface area contributed by atoms with Gasteiger partial charge in [0.2, 0.25) is 11.9 Å². The van der Waals surface area contributed by atoms with Crippen molar-refractivity contribution in [3.05, 3.63) is 52.8 Å². The molecular weight excluding hydrogens is 464 g/mol. The smallest absolute Gasteiger partial charge is 0.416 e. The van der Waals surface area contributed by atoms with E-state index in [0.29, 0.717) is 24.1 Å². The van der Waals surface area contributed by atoms with Crippen molar-refractivity contribution in [2.45, 2.75) is 50.9 Å². The number of nitrogens with two attached hydrogens (primary N) is 2. The molecule has 0 atom stereocenters. The summed E-state index contributed by atoms with van der Waals surface area (Å²) in [6, 6.07) is 2.39. The number of hydrogen-bond acceptors (Lipinski definition) is 6. The Kier molecular flexibility index (Phi) is 5.86. The van der Waals surface area contributed by atoms with Gasteiger partial charge in [0.05, 0.1) is 11.3 Å². The number of guanidine groups is 2. The molecule has 34 heavy (non-hydrogen) atoms. The van der Waals surface area contributed by atoms with Crippen LogP contribution in [-0.2, 0) is 6.18 Å². The first-order valence-corrected chi connectivity index (χ1v) is 10.5. The van der Waals surface area contributed by atoms with E-state index in [-0.39, 0.29) is 24.1 Å². The van der Waals surface area contributed by atoms with Gasteiger partial charge in [0, 0.05) is 6.07 Å². The Balaban J connectivity index is 1.78. The molecule has 6 nitrogen and oxygen atoms in total. The lowest BCUT2D eigenvalue weighted by Crippen LogP contribution is -2.58. The molecule has 0 amide bonds. The number of halogens is 6. The lowest BCUT2D eigenvalue weighted by molar-refractivity contribution is -0.138. The summed E-state index contributed by atoms with van der Waals surface area (Å²) in [4.78, 5) is 10.1. The Labute approximate surface area is 190 Å². The van der Waals surface area contributed by atoms with Crippen LogP contribution in [0.2, 0.25) is 0 Å². The molecular formula is C22H21F6N5O. The van der Waals surface area contributed by atoms with Crippen molar-refractivity contribution in [3.8, 4) is 11.5 Å². The SMILES string of the molecule is Cc1cc(F)c(Oc2c(F)cc(C(F)(F)F)cc2F)cc1N1C(N)=NC(N)=NC12CCCCC2. The predicted octanol–water partition coefficient (Wildman–Crippen LogP) is 5.33. The third-order valence-corrected chi connectivity index (χ3v) is 5.88. The van der Waals surface area contributed by atoms with E-state index in [0.717, 1.165) is 31.4 Å². The average Bonchev–Trinajstić information content (AvgIpc) is 2.72. The quantitative estimate of drug-likeness (QED) is 0.575. The lowest BCUT2D eigenvalue weighted by Gasteiger charge is -2.46. The largest absolute Gasteiger partial charge is 0.448 e. The van der Waals surface area contributed by atoms with Gasteiger partial charge in [-0.1, -0.05) is 6.42 Å². The third kappa shape index (κ3) is 4.24. The summed E-state index contributed by atoms with van der Waals surface area (Å²) in [6.45, 7) is 1.59. The molecule has 1 heterocycles. The number of ether oxygens (including phenoxy) is 1. The first-order chi connectivity index (χ1) is 15.9. The fraction of sp³-hybridized carbons (Fsp3) is 0.364. The second-order valence-corrected chi connectivity index (χ2v) is 8.26. The number of nitrogens with zero attached hydrogens (tertiary/aromatic N) is 3. The monoisotopic (exact) mass is 485 g/mol. The molecule has 0 unspecified atom stereocenters. The van der Waals surface area contributed by atoms with Crippen LogP contribution >= 0.6 is 0 Å². The van der Waals surface area contributed by atoms with E-state index in [9.17, 15) is 26.3 Å². The molecule has 12 heteroatoms. The van der Waals surface area contributed by atoms with E-state index in [2.05, 4.69) is 9.98 Å². The number of aliphatic imine (C=N–C) groups is 2. The highest BCUT2D eigenvalue weighted by Gasteiger charge is 2.43. The molecule has 0 radical (unpaired) electrons. The van der Waals surface area contributed by atoms with Crippen molar-refractivity contribution >= 4 is 17.6 Å². The Hall–Kier alpha value is -3.44. The molecule has 4 rings (SSSR count). The van der Waals surface area contributed by atoms with Crippen LogP contribution in [0.5, 0.6) is 11.5 Å². The third-order valence-electron chi connectivity index (χ3n) is 5.88. The second-order valence-electron chi connectivity index (χ2n) is 8.26. The van der Waals surface area contributed by atoms with Gasteiger partial charge in [0.1, 0.15) is 5.66 Å². The van der Waals surface area contributed by atoms with Gasteiger partial charge in [-0.25, -0.2) is 18.2 Å². The highest BCUT2D eigenvalue weighted by molar-refractivity contribution is 6.06. The molecule has 2 aromatic carbocycles. The van der Waals surface area contributed by atoms with Crippen LogP contribution in [0.3, 0.4) is 0 Å². The Morgan fingerprint density at radius 1 is 0.941 bits per heavy atom. The molecule has 4 N–H and O–H groups in total. The van der Waals surface area contributed by atoms with E-state index in [1.165, 1.54) is 0 Å². The zero-order valence-electron chi connectivity index (χ0n) is 18.0. The minimum absolute atomic E-state index is 0.000727. The molecule has 182 valence electrons. The first-order valence-electron chi connectivity index (χ1n) is 10.5. The van der Waals surface area contributed by atoms with E-state index < -0.39 is 46.4 Å². The number of hydrogen-bond donors (Lipinski definition) is 2. The molecule has 2 aliphatic rings. The van der Waals surface area contributed by atoms with Crippen LogP contribution in [0.1, 0.15) is 43.2 Å². The molecule has 1 fully saturated rings. The van der Waals surface area contributed by atoms with Crippen molar-refractivity contribution < 1.29 is 31.1 Å². The number of anilines is 1. The molecule has 1 saturated carbocycles. The average molecular weight is 485 g/mol. The molecule has 0 saturated heterocycles. The van der Waals surface area contributed by atoms with Gasteiger partial charge in [-0.3, -0.25) is 4.90 Å². The minimum Gasteiger partial charge on any atom is -0.448 e. The predicted molar refractivity (Wildman–Crippen MR) is 114 cm³/mol. The van der Waals surface area contributed by atoms with E-state index in [4.69, 9.17) is 16.2 Å². The summed E-state index contributed by atoms with van der Waals surface area (Å²) in [7, 11) is 0. The van der Waals surface area contributed by atoms with Gasteiger partial charge in [0.25, 0.3) is 0 Å². The summed E-state index contributed by atoms with van der Waals surface area (Å²) in [5, 5.41) is 0. The highest BCUT2D eigenvalue weighted by atomic mass is 19.4. The highest BCUT2D eigenvalue weighted by Crippen LogP contribution is 2.43. The molecule has 1 spiro atoms.